The van der Waals surface area contributed by atoms with Crippen molar-refractivity contribution < 1.29 is 9.53 Å². The summed E-state index contributed by atoms with van der Waals surface area (Å²) in [5, 5.41) is 4.60. The molecule has 0 bridgehead atoms. The van der Waals surface area contributed by atoms with E-state index in [2.05, 4.69) is 5.32 Å². The fourth-order valence-corrected chi connectivity index (χ4v) is 5.63. The van der Waals surface area contributed by atoms with Gasteiger partial charge in [0.05, 0.1) is 5.56 Å². The average Bonchev–Trinajstić information content (AvgIpc) is 3.30. The Morgan fingerprint density at radius 3 is 2.47 bits per heavy atom. The van der Waals surface area contributed by atoms with Crippen molar-refractivity contribution in [3.63, 3.8) is 0 Å². The smallest absolute Gasteiger partial charge is 0.254 e. The first-order valence-electron chi connectivity index (χ1n) is 12.1. The summed E-state index contributed by atoms with van der Waals surface area (Å²) in [6.45, 7) is 0.984. The number of carbonyl (C=O) groups is 1. The molecule has 0 atom stereocenters. The van der Waals surface area contributed by atoms with E-state index in [9.17, 15) is 4.79 Å². The Balaban J connectivity index is 1.28. The maximum Gasteiger partial charge on any atom is 0.254 e. The van der Waals surface area contributed by atoms with Gasteiger partial charge in [-0.1, -0.05) is 54.1 Å². The molecule has 1 heterocycles. The second-order valence-corrected chi connectivity index (χ2v) is 10.3. The van der Waals surface area contributed by atoms with Gasteiger partial charge < -0.3 is 10.1 Å². The third-order valence-electron chi connectivity index (χ3n) is 6.21. The lowest BCUT2D eigenvalue weighted by molar-refractivity contribution is 0.0951. The van der Waals surface area contributed by atoms with Crippen LogP contribution in [0.25, 0.3) is 0 Å². The molecule has 0 radical (unpaired) electrons. The van der Waals surface area contributed by atoms with Gasteiger partial charge in [0, 0.05) is 22.7 Å². The van der Waals surface area contributed by atoms with Gasteiger partial charge in [-0.25, -0.2) is 4.99 Å². The normalized spacial score (nSPS) is 12.9. The molecule has 1 aliphatic rings. The van der Waals surface area contributed by atoms with Crippen molar-refractivity contribution in [2.75, 3.05) is 0 Å². The Kier molecular flexibility index (Phi) is 7.79. The van der Waals surface area contributed by atoms with Crippen molar-refractivity contribution in [3.8, 4) is 5.75 Å². The van der Waals surface area contributed by atoms with E-state index in [-0.39, 0.29) is 5.91 Å². The number of nitrogens with zero attached hydrogens (tertiary/aromatic N) is 1. The molecule has 0 unspecified atom stereocenters. The van der Waals surface area contributed by atoms with E-state index in [1.54, 1.807) is 11.3 Å². The Morgan fingerprint density at radius 2 is 1.69 bits per heavy atom. The van der Waals surface area contributed by atoms with Crippen molar-refractivity contribution in [3.05, 3.63) is 117 Å². The first-order chi connectivity index (χ1) is 17.7. The minimum absolute atomic E-state index is 0.0450. The Morgan fingerprint density at radius 1 is 0.944 bits per heavy atom. The molecule has 36 heavy (non-hydrogen) atoms. The number of thiophene rings is 1. The summed E-state index contributed by atoms with van der Waals surface area (Å²) in [5.41, 5.74) is 5.01. The lowest BCUT2D eigenvalue weighted by atomic mass is 9.95. The van der Waals surface area contributed by atoms with Gasteiger partial charge in [0.2, 0.25) is 0 Å². The molecule has 182 valence electrons. The zero-order chi connectivity index (χ0) is 24.7. The Labute approximate surface area is 220 Å². The monoisotopic (exact) mass is 514 g/mol. The molecule has 4 aromatic rings. The van der Waals surface area contributed by atoms with E-state index in [0.717, 1.165) is 52.3 Å². The highest BCUT2D eigenvalue weighted by Gasteiger charge is 2.25. The SMILES string of the molecule is O=C(NCc1ccccc1)c1c(/N=C\c2ccc(OCc3ccc(Cl)cc3)cc2)sc2c1CCCC2. The molecule has 1 aromatic heterocycles. The second-order valence-electron chi connectivity index (χ2n) is 8.80. The first-order valence-corrected chi connectivity index (χ1v) is 13.3. The van der Waals surface area contributed by atoms with Crippen molar-refractivity contribution >= 4 is 40.1 Å². The molecule has 0 fully saturated rings. The number of fused-ring (bicyclic) bond motifs is 1. The van der Waals surface area contributed by atoms with Crippen molar-refractivity contribution in [1.29, 1.82) is 0 Å². The van der Waals surface area contributed by atoms with Gasteiger partial charge in [0.15, 0.2) is 0 Å². The third-order valence-corrected chi connectivity index (χ3v) is 7.66. The maximum atomic E-state index is 13.2. The quantitative estimate of drug-likeness (QED) is 0.247. The maximum absolute atomic E-state index is 13.2. The van der Waals surface area contributed by atoms with Crippen molar-refractivity contribution in [2.24, 2.45) is 4.99 Å². The lowest BCUT2D eigenvalue weighted by Gasteiger charge is -2.12. The molecule has 0 spiro atoms. The Bertz CT molecular complexity index is 1350. The first kappa shape index (κ1) is 24.3. The number of halogens is 1. The molecule has 3 aromatic carbocycles. The number of hydrogen-bond donors (Lipinski definition) is 1. The van der Waals surface area contributed by atoms with E-state index in [1.165, 1.54) is 16.9 Å². The summed E-state index contributed by atoms with van der Waals surface area (Å²) in [6.07, 6.45) is 6.07. The molecule has 0 aliphatic heterocycles. The summed E-state index contributed by atoms with van der Waals surface area (Å²) >= 11 is 7.59. The molecular weight excluding hydrogens is 488 g/mol. The molecule has 5 rings (SSSR count). The second kappa shape index (κ2) is 11.5. The Hall–Kier alpha value is -3.41. The molecule has 4 nitrogen and oxygen atoms in total. The van der Waals surface area contributed by atoms with Crippen LogP contribution in [0.1, 0.15) is 50.3 Å². The third kappa shape index (κ3) is 6.04. The summed E-state index contributed by atoms with van der Waals surface area (Å²) in [4.78, 5) is 19.3. The zero-order valence-electron chi connectivity index (χ0n) is 19.9. The molecule has 1 aliphatic carbocycles. The average molecular weight is 515 g/mol. The van der Waals surface area contributed by atoms with Gasteiger partial charge in [-0.05, 0) is 84.3 Å². The van der Waals surface area contributed by atoms with Crippen LogP contribution in [0.5, 0.6) is 5.75 Å². The van der Waals surface area contributed by atoms with E-state index in [1.807, 2.05) is 85.1 Å². The van der Waals surface area contributed by atoms with Gasteiger partial charge in [-0.2, -0.15) is 0 Å². The van der Waals surface area contributed by atoms with Crippen LogP contribution in [0, 0.1) is 0 Å². The van der Waals surface area contributed by atoms with Gasteiger partial charge in [-0.3, -0.25) is 4.79 Å². The number of hydrogen-bond acceptors (Lipinski definition) is 4. The van der Waals surface area contributed by atoms with Crippen LogP contribution in [-0.4, -0.2) is 12.1 Å². The number of ether oxygens (including phenoxy) is 1. The van der Waals surface area contributed by atoms with E-state index in [4.69, 9.17) is 21.3 Å². The zero-order valence-corrected chi connectivity index (χ0v) is 21.4. The summed E-state index contributed by atoms with van der Waals surface area (Å²) < 4.78 is 5.88. The van der Waals surface area contributed by atoms with Crippen LogP contribution in [0.2, 0.25) is 5.02 Å². The highest BCUT2D eigenvalue weighted by Crippen LogP contribution is 2.40. The van der Waals surface area contributed by atoms with Crippen LogP contribution in [0.15, 0.2) is 83.9 Å². The topological polar surface area (TPSA) is 50.7 Å². The van der Waals surface area contributed by atoms with Crippen LogP contribution >= 0.6 is 22.9 Å². The molecule has 1 amide bonds. The van der Waals surface area contributed by atoms with Gasteiger partial charge >= 0.3 is 0 Å². The summed E-state index contributed by atoms with van der Waals surface area (Å²) in [6, 6.07) is 25.4. The largest absolute Gasteiger partial charge is 0.489 e. The predicted molar refractivity (Wildman–Crippen MR) is 148 cm³/mol. The fourth-order valence-electron chi connectivity index (χ4n) is 4.27. The van der Waals surface area contributed by atoms with Crippen LogP contribution in [0.3, 0.4) is 0 Å². The number of benzene rings is 3. The van der Waals surface area contributed by atoms with E-state index < -0.39 is 0 Å². The van der Waals surface area contributed by atoms with Crippen LogP contribution in [-0.2, 0) is 26.0 Å². The van der Waals surface area contributed by atoms with E-state index in [0.29, 0.717) is 18.2 Å². The molecule has 6 heteroatoms. The van der Waals surface area contributed by atoms with Crippen molar-refractivity contribution in [2.45, 2.75) is 38.8 Å². The predicted octanol–water partition coefficient (Wildman–Crippen LogP) is 7.54. The number of aliphatic imine (C=N–C) groups is 1. The minimum atomic E-state index is -0.0450. The summed E-state index contributed by atoms with van der Waals surface area (Å²) in [7, 11) is 0. The fraction of sp³-hybridized carbons (Fsp3) is 0.200. The number of nitrogens with one attached hydrogen (secondary N) is 1. The molecule has 0 saturated carbocycles. The standard InChI is InChI=1S/C30H27ClN2O2S/c31-24-14-10-23(11-15-24)20-35-25-16-12-22(13-17-25)19-33-30-28(26-8-4-5-9-27(26)36-30)29(34)32-18-21-6-2-1-3-7-21/h1-3,6-7,10-17,19H,4-5,8-9,18,20H2,(H,32,34)/b33-19-. The van der Waals surface area contributed by atoms with Gasteiger partial charge in [0.25, 0.3) is 5.91 Å². The number of rotatable bonds is 8. The van der Waals surface area contributed by atoms with E-state index >= 15 is 0 Å². The molecule has 1 N–H and O–H groups in total. The van der Waals surface area contributed by atoms with Crippen LogP contribution < -0.4 is 10.1 Å². The number of amides is 1. The molecule has 0 saturated heterocycles. The number of aryl methyl sites for hydroxylation is 1. The summed E-state index contributed by atoms with van der Waals surface area (Å²) in [5.74, 6) is 0.742. The highest BCUT2D eigenvalue weighted by atomic mass is 35.5. The van der Waals surface area contributed by atoms with Gasteiger partial charge in [0.1, 0.15) is 17.4 Å². The highest BCUT2D eigenvalue weighted by molar-refractivity contribution is 7.16. The van der Waals surface area contributed by atoms with Gasteiger partial charge in [-0.15, -0.1) is 11.3 Å². The number of carbonyl (C=O) groups excluding carboxylic acids is 1. The van der Waals surface area contributed by atoms with Crippen molar-refractivity contribution in [1.82, 2.24) is 5.32 Å². The van der Waals surface area contributed by atoms with Crippen LogP contribution in [0.4, 0.5) is 5.00 Å². The molecular formula is C30H27ClN2O2S. The lowest BCUT2D eigenvalue weighted by Crippen LogP contribution is -2.24. The minimum Gasteiger partial charge on any atom is -0.489 e.